The van der Waals surface area contributed by atoms with Gasteiger partial charge in [-0.25, -0.2) is 15.0 Å². The molecule has 0 radical (unpaired) electrons. The minimum atomic E-state index is -0.194. The molecule has 1 saturated carbocycles. The van der Waals surface area contributed by atoms with Crippen LogP contribution >= 0.6 is 11.3 Å². The molecule has 144 valence electrons. The van der Waals surface area contributed by atoms with Crippen LogP contribution in [0.25, 0.3) is 22.8 Å². The highest BCUT2D eigenvalue weighted by Crippen LogP contribution is 2.38. The lowest BCUT2D eigenvalue weighted by Crippen LogP contribution is -2.52. The summed E-state index contributed by atoms with van der Waals surface area (Å²) in [6.45, 7) is 2.05. The number of nitrogens with zero attached hydrogens (tertiary/aromatic N) is 5. The van der Waals surface area contributed by atoms with E-state index in [1.165, 1.54) is 24.2 Å². The fourth-order valence-electron chi connectivity index (χ4n) is 4.26. The molecule has 1 aliphatic carbocycles. The van der Waals surface area contributed by atoms with Gasteiger partial charge in [0.15, 0.2) is 11.6 Å². The monoisotopic (exact) mass is 395 g/mol. The molecule has 28 heavy (non-hydrogen) atoms. The van der Waals surface area contributed by atoms with E-state index in [1.54, 1.807) is 17.9 Å². The third kappa shape index (κ3) is 2.77. The lowest BCUT2D eigenvalue weighted by Gasteiger charge is -2.40. The second-order valence-electron chi connectivity index (χ2n) is 7.22. The van der Waals surface area contributed by atoms with Crippen LogP contribution in [0.3, 0.4) is 0 Å². The zero-order chi connectivity index (χ0) is 19.1. The normalized spacial score (nSPS) is 19.7. The summed E-state index contributed by atoms with van der Waals surface area (Å²) in [5.74, 6) is 1.43. The van der Waals surface area contributed by atoms with Crippen molar-refractivity contribution < 1.29 is 4.79 Å². The molecule has 0 aromatic carbocycles. The van der Waals surface area contributed by atoms with Crippen molar-refractivity contribution >= 4 is 28.7 Å². The zero-order valence-electron chi connectivity index (χ0n) is 15.6. The van der Waals surface area contributed by atoms with E-state index in [0.29, 0.717) is 17.6 Å². The summed E-state index contributed by atoms with van der Waals surface area (Å²) in [6.07, 6.45) is 8.77. The number of thiazole rings is 1. The lowest BCUT2D eigenvalue weighted by atomic mass is 10.0. The van der Waals surface area contributed by atoms with E-state index < -0.39 is 0 Å². The van der Waals surface area contributed by atoms with Gasteiger partial charge in [-0.15, -0.1) is 11.3 Å². The standard InChI is InChI=1S/C19H21N7OS/c1-2-15-19(27)23-13-8-20-17(24-18(13)26(15)11-5-3-4-6-11)12-7-22-25-16(12)14-9-28-10-21-14/h7-11,15H,2-6H2,1H3,(H,22,25)(H,23,27)/t15-/m1/s1. The maximum Gasteiger partial charge on any atom is 0.247 e. The summed E-state index contributed by atoms with van der Waals surface area (Å²) in [4.78, 5) is 28.7. The third-order valence-corrected chi connectivity index (χ3v) is 6.17. The van der Waals surface area contributed by atoms with Crippen LogP contribution < -0.4 is 10.2 Å². The highest BCUT2D eigenvalue weighted by molar-refractivity contribution is 7.07. The van der Waals surface area contributed by atoms with Crippen LogP contribution in [0.4, 0.5) is 11.5 Å². The SMILES string of the molecule is CC[C@@H]1C(=O)Nc2cnc(-c3cn[nH]c3-c3cscn3)nc2N1C1CCCC1. The molecule has 1 aliphatic heterocycles. The van der Waals surface area contributed by atoms with E-state index in [4.69, 9.17) is 4.98 Å². The van der Waals surface area contributed by atoms with Crippen LogP contribution in [-0.2, 0) is 4.79 Å². The molecule has 4 heterocycles. The Morgan fingerprint density at radius 3 is 2.86 bits per heavy atom. The maximum atomic E-state index is 12.6. The predicted octanol–water partition coefficient (Wildman–Crippen LogP) is 3.47. The van der Waals surface area contributed by atoms with Crippen molar-refractivity contribution in [1.29, 1.82) is 0 Å². The van der Waals surface area contributed by atoms with Gasteiger partial charge in [0.1, 0.15) is 11.7 Å². The van der Waals surface area contributed by atoms with Crippen LogP contribution in [-0.4, -0.2) is 43.1 Å². The summed E-state index contributed by atoms with van der Waals surface area (Å²) in [7, 11) is 0. The van der Waals surface area contributed by atoms with Crippen molar-refractivity contribution in [3.63, 3.8) is 0 Å². The van der Waals surface area contributed by atoms with E-state index in [-0.39, 0.29) is 11.9 Å². The van der Waals surface area contributed by atoms with E-state index in [0.717, 1.165) is 42.0 Å². The summed E-state index contributed by atoms with van der Waals surface area (Å²) in [5, 5.41) is 12.1. The number of fused-ring (bicyclic) bond motifs is 1. The molecule has 0 unspecified atom stereocenters. The molecule has 2 N–H and O–H groups in total. The van der Waals surface area contributed by atoms with Crippen molar-refractivity contribution in [2.24, 2.45) is 0 Å². The van der Waals surface area contributed by atoms with Crippen LogP contribution in [0.15, 0.2) is 23.3 Å². The molecule has 0 spiro atoms. The van der Waals surface area contributed by atoms with Crippen molar-refractivity contribution in [2.75, 3.05) is 10.2 Å². The summed E-state index contributed by atoms with van der Waals surface area (Å²) in [5.41, 5.74) is 4.91. The van der Waals surface area contributed by atoms with Gasteiger partial charge < -0.3 is 10.2 Å². The first-order valence-electron chi connectivity index (χ1n) is 9.64. The topological polar surface area (TPSA) is 99.7 Å². The van der Waals surface area contributed by atoms with E-state index >= 15 is 0 Å². The molecule has 9 heteroatoms. The first-order valence-corrected chi connectivity index (χ1v) is 10.6. The van der Waals surface area contributed by atoms with E-state index in [2.05, 4.69) is 37.3 Å². The second kappa shape index (κ2) is 6.97. The Labute approximate surface area is 166 Å². The third-order valence-electron chi connectivity index (χ3n) is 5.58. The van der Waals surface area contributed by atoms with Gasteiger partial charge in [0.2, 0.25) is 5.91 Å². The molecule has 2 aliphatic rings. The number of aromatic amines is 1. The predicted molar refractivity (Wildman–Crippen MR) is 108 cm³/mol. The largest absolute Gasteiger partial charge is 0.340 e. The van der Waals surface area contributed by atoms with Gasteiger partial charge in [-0.3, -0.25) is 9.89 Å². The highest BCUT2D eigenvalue weighted by atomic mass is 32.1. The number of carbonyl (C=O) groups is 1. The number of amides is 1. The Hall–Kier alpha value is -2.81. The lowest BCUT2D eigenvalue weighted by molar-refractivity contribution is -0.117. The van der Waals surface area contributed by atoms with Crippen LogP contribution in [0, 0.1) is 0 Å². The molecular formula is C19H21N7OS. The minimum Gasteiger partial charge on any atom is -0.340 e. The number of rotatable bonds is 4. The average molecular weight is 395 g/mol. The van der Waals surface area contributed by atoms with Gasteiger partial charge in [0, 0.05) is 11.4 Å². The quantitative estimate of drug-likeness (QED) is 0.702. The number of carbonyl (C=O) groups excluding carboxylic acids is 1. The van der Waals surface area contributed by atoms with Gasteiger partial charge in [0.25, 0.3) is 0 Å². The van der Waals surface area contributed by atoms with Crippen molar-refractivity contribution in [3.05, 3.63) is 23.3 Å². The molecule has 3 aromatic rings. The van der Waals surface area contributed by atoms with Crippen LogP contribution in [0.2, 0.25) is 0 Å². The molecule has 0 saturated heterocycles. The number of hydrogen-bond donors (Lipinski definition) is 2. The molecule has 1 fully saturated rings. The van der Waals surface area contributed by atoms with Gasteiger partial charge in [-0.2, -0.15) is 5.10 Å². The Morgan fingerprint density at radius 1 is 1.25 bits per heavy atom. The van der Waals surface area contributed by atoms with Crippen molar-refractivity contribution in [1.82, 2.24) is 25.1 Å². The van der Waals surface area contributed by atoms with Gasteiger partial charge in [-0.05, 0) is 19.3 Å². The van der Waals surface area contributed by atoms with Gasteiger partial charge >= 0.3 is 0 Å². The van der Waals surface area contributed by atoms with Crippen molar-refractivity contribution in [3.8, 4) is 22.8 Å². The number of hydrogen-bond acceptors (Lipinski definition) is 7. The first kappa shape index (κ1) is 17.3. The Bertz CT molecular complexity index is 994. The van der Waals surface area contributed by atoms with Crippen LogP contribution in [0.1, 0.15) is 39.0 Å². The molecule has 5 rings (SSSR count). The molecule has 8 nitrogen and oxygen atoms in total. The van der Waals surface area contributed by atoms with Gasteiger partial charge in [0.05, 0.1) is 34.9 Å². The molecule has 1 atom stereocenters. The van der Waals surface area contributed by atoms with E-state index in [1.807, 2.05) is 5.38 Å². The number of aromatic nitrogens is 5. The average Bonchev–Trinajstić information content (AvgIpc) is 3.48. The smallest absolute Gasteiger partial charge is 0.247 e. The first-order chi connectivity index (χ1) is 13.8. The Balaban J connectivity index is 1.61. The molecular weight excluding hydrogens is 374 g/mol. The number of nitrogens with one attached hydrogen (secondary N) is 2. The minimum absolute atomic E-state index is 0.0322. The van der Waals surface area contributed by atoms with Gasteiger partial charge in [-0.1, -0.05) is 19.8 Å². The Kier molecular flexibility index (Phi) is 4.31. The van der Waals surface area contributed by atoms with Crippen molar-refractivity contribution in [2.45, 2.75) is 51.1 Å². The molecule has 1 amide bonds. The number of H-pyrrole nitrogens is 1. The fourth-order valence-corrected chi connectivity index (χ4v) is 4.80. The summed E-state index contributed by atoms with van der Waals surface area (Å²) in [6, 6.07) is 0.153. The van der Waals surface area contributed by atoms with Crippen LogP contribution in [0.5, 0.6) is 0 Å². The Morgan fingerprint density at radius 2 is 2.11 bits per heavy atom. The maximum absolute atomic E-state index is 12.6. The molecule has 0 bridgehead atoms. The summed E-state index contributed by atoms with van der Waals surface area (Å²) >= 11 is 1.53. The second-order valence-corrected chi connectivity index (χ2v) is 7.94. The highest BCUT2D eigenvalue weighted by Gasteiger charge is 2.38. The zero-order valence-corrected chi connectivity index (χ0v) is 16.4. The van der Waals surface area contributed by atoms with E-state index in [9.17, 15) is 4.79 Å². The fraction of sp³-hybridized carbons (Fsp3) is 0.421. The summed E-state index contributed by atoms with van der Waals surface area (Å²) < 4.78 is 0. The number of anilines is 2. The molecule has 3 aromatic heterocycles.